The van der Waals surface area contributed by atoms with E-state index in [4.69, 9.17) is 0 Å². The third kappa shape index (κ3) is 4.55. The third-order valence-electron chi connectivity index (χ3n) is 4.61. The van der Waals surface area contributed by atoms with Gasteiger partial charge in [0, 0.05) is 26.2 Å². The van der Waals surface area contributed by atoms with Crippen molar-refractivity contribution in [3.8, 4) is 0 Å². The number of rotatable bonds is 7. The Morgan fingerprint density at radius 2 is 1.37 bits per heavy atom. The first-order valence-electron chi connectivity index (χ1n) is 8.30. The summed E-state index contributed by atoms with van der Waals surface area (Å²) >= 11 is 0. The topological polar surface area (TPSA) is 6.48 Å². The Morgan fingerprint density at radius 1 is 0.895 bits per heavy atom. The van der Waals surface area contributed by atoms with E-state index in [-0.39, 0.29) is 8.22 Å². The lowest BCUT2D eigenvalue weighted by Crippen LogP contribution is -2.23. The van der Waals surface area contributed by atoms with Crippen LogP contribution in [0.2, 0.25) is 0 Å². The van der Waals surface area contributed by atoms with Gasteiger partial charge in [0.05, 0.1) is 8.22 Å². The molecule has 2 heterocycles. The standard InChI is InChI=1S/C16H31N2P/c1-3-16(4-2)10-9-15-19(17-11-5-6-12-17)18-13-7-8-14-18/h9,15-16H,3-8,10-14H2,1-2H3. The quantitative estimate of drug-likeness (QED) is 0.617. The summed E-state index contributed by atoms with van der Waals surface area (Å²) in [7, 11) is -0.117. The molecule has 19 heavy (non-hydrogen) atoms. The average Bonchev–Trinajstić information content (AvgIpc) is 3.12. The van der Waals surface area contributed by atoms with Crippen molar-refractivity contribution >= 4 is 8.22 Å². The second-order valence-corrected chi connectivity index (χ2v) is 8.02. The van der Waals surface area contributed by atoms with Crippen molar-refractivity contribution in [2.75, 3.05) is 26.2 Å². The predicted octanol–water partition coefficient (Wildman–Crippen LogP) is 4.83. The Labute approximate surface area is 121 Å². The second kappa shape index (κ2) is 8.39. The molecule has 2 rings (SSSR count). The fourth-order valence-electron chi connectivity index (χ4n) is 3.15. The van der Waals surface area contributed by atoms with E-state index in [9.17, 15) is 0 Å². The SMILES string of the molecule is CCC(CC)CC=CP(N1CCCC1)N1CCCC1. The molecule has 0 radical (unpaired) electrons. The van der Waals surface area contributed by atoms with E-state index >= 15 is 0 Å². The summed E-state index contributed by atoms with van der Waals surface area (Å²) < 4.78 is 5.51. The van der Waals surface area contributed by atoms with Crippen molar-refractivity contribution in [2.45, 2.75) is 58.8 Å². The molecule has 2 fully saturated rings. The molecule has 0 aliphatic carbocycles. The molecule has 0 unspecified atom stereocenters. The zero-order chi connectivity index (χ0) is 13.5. The van der Waals surface area contributed by atoms with E-state index in [2.05, 4.69) is 35.1 Å². The van der Waals surface area contributed by atoms with Crippen molar-refractivity contribution in [2.24, 2.45) is 5.92 Å². The van der Waals surface area contributed by atoms with Gasteiger partial charge in [0.2, 0.25) is 0 Å². The smallest absolute Gasteiger partial charge is 0.0644 e. The number of hydrogen-bond acceptors (Lipinski definition) is 2. The molecule has 0 saturated carbocycles. The fraction of sp³-hybridized carbons (Fsp3) is 0.875. The van der Waals surface area contributed by atoms with Crippen molar-refractivity contribution in [1.29, 1.82) is 0 Å². The molecule has 3 heteroatoms. The molecule has 0 atom stereocenters. The molecule has 2 aliphatic heterocycles. The molecule has 2 aliphatic rings. The molecule has 0 aromatic rings. The van der Waals surface area contributed by atoms with Crippen LogP contribution in [0.25, 0.3) is 0 Å². The summed E-state index contributed by atoms with van der Waals surface area (Å²) in [5.41, 5.74) is 0. The van der Waals surface area contributed by atoms with Crippen molar-refractivity contribution in [3.63, 3.8) is 0 Å². The summed E-state index contributed by atoms with van der Waals surface area (Å²) in [6.45, 7) is 9.97. The van der Waals surface area contributed by atoms with Crippen LogP contribution in [0.4, 0.5) is 0 Å². The molecular weight excluding hydrogens is 251 g/mol. The van der Waals surface area contributed by atoms with Crippen LogP contribution >= 0.6 is 8.22 Å². The maximum atomic E-state index is 2.75. The van der Waals surface area contributed by atoms with E-state index in [1.54, 1.807) is 0 Å². The van der Waals surface area contributed by atoms with Gasteiger partial charge in [0.25, 0.3) is 0 Å². The van der Waals surface area contributed by atoms with Crippen molar-refractivity contribution in [1.82, 2.24) is 9.34 Å². The van der Waals surface area contributed by atoms with Gasteiger partial charge in [-0.2, -0.15) is 0 Å². The Morgan fingerprint density at radius 3 is 1.79 bits per heavy atom. The minimum Gasteiger partial charge on any atom is -0.267 e. The van der Waals surface area contributed by atoms with Crippen LogP contribution in [0.15, 0.2) is 11.9 Å². The summed E-state index contributed by atoms with van der Waals surface area (Å²) in [6, 6.07) is 0. The van der Waals surface area contributed by atoms with Crippen LogP contribution in [-0.2, 0) is 0 Å². The zero-order valence-electron chi connectivity index (χ0n) is 12.9. The highest BCUT2D eigenvalue weighted by Crippen LogP contribution is 2.49. The number of hydrogen-bond donors (Lipinski definition) is 0. The molecule has 0 spiro atoms. The van der Waals surface area contributed by atoms with E-state index in [0.717, 1.165) is 5.92 Å². The first-order chi connectivity index (χ1) is 9.35. The maximum absolute atomic E-state index is 2.75. The van der Waals surface area contributed by atoms with E-state index in [0.29, 0.717) is 0 Å². The van der Waals surface area contributed by atoms with E-state index in [1.807, 2.05) is 0 Å². The lowest BCUT2D eigenvalue weighted by molar-refractivity contribution is 0.480. The monoisotopic (exact) mass is 282 g/mol. The first kappa shape index (κ1) is 15.5. The van der Waals surface area contributed by atoms with Crippen LogP contribution in [0.3, 0.4) is 0 Å². The lowest BCUT2D eigenvalue weighted by Gasteiger charge is -2.32. The highest BCUT2D eigenvalue weighted by molar-refractivity contribution is 7.56. The van der Waals surface area contributed by atoms with Crippen LogP contribution in [0.5, 0.6) is 0 Å². The highest BCUT2D eigenvalue weighted by atomic mass is 31.1. The van der Waals surface area contributed by atoms with Gasteiger partial charge >= 0.3 is 0 Å². The normalized spacial score (nSPS) is 22.5. The van der Waals surface area contributed by atoms with Gasteiger partial charge < -0.3 is 0 Å². The molecule has 0 amide bonds. The van der Waals surface area contributed by atoms with Crippen LogP contribution in [-0.4, -0.2) is 35.5 Å². The van der Waals surface area contributed by atoms with Crippen LogP contribution in [0.1, 0.15) is 58.8 Å². The van der Waals surface area contributed by atoms with Gasteiger partial charge in [-0.15, -0.1) is 0 Å². The van der Waals surface area contributed by atoms with Gasteiger partial charge in [-0.1, -0.05) is 32.8 Å². The van der Waals surface area contributed by atoms with E-state index < -0.39 is 0 Å². The Hall–Kier alpha value is 0.0900. The van der Waals surface area contributed by atoms with Gasteiger partial charge in [-0.05, 0) is 43.8 Å². The number of nitrogens with zero attached hydrogens (tertiary/aromatic N) is 2. The van der Waals surface area contributed by atoms with E-state index in [1.165, 1.54) is 71.1 Å². The Kier molecular flexibility index (Phi) is 6.84. The summed E-state index contributed by atoms with van der Waals surface area (Å²) in [6.07, 6.45) is 12.1. The van der Waals surface area contributed by atoms with Crippen LogP contribution in [0, 0.1) is 5.92 Å². The first-order valence-corrected chi connectivity index (χ1v) is 9.62. The molecular formula is C16H31N2P. The minimum atomic E-state index is -0.117. The molecule has 2 nitrogen and oxygen atoms in total. The molecule has 0 N–H and O–H groups in total. The predicted molar refractivity (Wildman–Crippen MR) is 86.4 cm³/mol. The fourth-order valence-corrected chi connectivity index (χ4v) is 5.58. The molecule has 0 aromatic heterocycles. The third-order valence-corrected chi connectivity index (χ3v) is 7.04. The lowest BCUT2D eigenvalue weighted by atomic mass is 10.00. The highest BCUT2D eigenvalue weighted by Gasteiger charge is 2.27. The Balaban J connectivity index is 1.90. The zero-order valence-corrected chi connectivity index (χ0v) is 13.7. The van der Waals surface area contributed by atoms with Crippen molar-refractivity contribution in [3.05, 3.63) is 11.9 Å². The van der Waals surface area contributed by atoms with Crippen LogP contribution < -0.4 is 0 Å². The molecule has 0 aromatic carbocycles. The second-order valence-electron chi connectivity index (χ2n) is 5.94. The maximum Gasteiger partial charge on any atom is 0.0644 e. The average molecular weight is 282 g/mol. The van der Waals surface area contributed by atoms with Gasteiger partial charge in [-0.25, -0.2) is 0 Å². The summed E-state index contributed by atoms with van der Waals surface area (Å²) in [5, 5.41) is 0. The number of allylic oxidation sites excluding steroid dienone is 1. The molecule has 2 saturated heterocycles. The summed E-state index contributed by atoms with van der Waals surface area (Å²) in [4.78, 5) is 0. The molecule has 110 valence electrons. The van der Waals surface area contributed by atoms with Gasteiger partial charge in [0.1, 0.15) is 0 Å². The summed E-state index contributed by atoms with van der Waals surface area (Å²) in [5.74, 6) is 3.47. The van der Waals surface area contributed by atoms with Gasteiger partial charge in [0.15, 0.2) is 0 Å². The minimum absolute atomic E-state index is 0.117. The Bertz CT molecular complexity index is 248. The van der Waals surface area contributed by atoms with Gasteiger partial charge in [-0.3, -0.25) is 9.34 Å². The largest absolute Gasteiger partial charge is 0.267 e. The van der Waals surface area contributed by atoms with Crippen molar-refractivity contribution < 1.29 is 0 Å². The molecule has 0 bridgehead atoms.